The number of carboxylic acid groups (broad SMARTS) is 1. The summed E-state index contributed by atoms with van der Waals surface area (Å²) in [5.41, 5.74) is 1.47. The van der Waals surface area contributed by atoms with Gasteiger partial charge in [0.15, 0.2) is 0 Å². The van der Waals surface area contributed by atoms with Gasteiger partial charge in [-0.25, -0.2) is 14.0 Å². The summed E-state index contributed by atoms with van der Waals surface area (Å²) in [6.45, 7) is 0.463. The third kappa shape index (κ3) is 2.11. The average Bonchev–Trinajstić information content (AvgIpc) is 3.04. The van der Waals surface area contributed by atoms with Gasteiger partial charge >= 0.3 is 12.0 Å². The van der Waals surface area contributed by atoms with Gasteiger partial charge in [-0.15, -0.1) is 11.8 Å². The minimum Gasteiger partial charge on any atom is -0.480 e. The van der Waals surface area contributed by atoms with Crippen LogP contribution >= 0.6 is 11.8 Å². The molecule has 3 rings (SSSR count). The Balaban J connectivity index is 1.86. The van der Waals surface area contributed by atoms with Crippen molar-refractivity contribution in [1.82, 2.24) is 4.90 Å². The quantitative estimate of drug-likeness (QED) is 0.858. The first-order valence-corrected chi connectivity index (χ1v) is 7.40. The Morgan fingerprint density at radius 3 is 2.95 bits per heavy atom. The first-order valence-electron chi connectivity index (χ1n) is 6.25. The maximum absolute atomic E-state index is 13.3. The Kier molecular flexibility index (Phi) is 3.29. The van der Waals surface area contributed by atoms with Gasteiger partial charge in [-0.2, -0.15) is 0 Å². The molecule has 0 aliphatic carbocycles. The number of carboxylic acids is 1. The van der Waals surface area contributed by atoms with E-state index < -0.39 is 17.8 Å². The van der Waals surface area contributed by atoms with Crippen molar-refractivity contribution in [2.75, 3.05) is 23.1 Å². The fraction of sp³-hybridized carbons (Fsp3) is 0.385. The lowest BCUT2D eigenvalue weighted by atomic mass is 10.2. The first kappa shape index (κ1) is 13.2. The highest BCUT2D eigenvalue weighted by atomic mass is 32.2. The lowest BCUT2D eigenvalue weighted by Gasteiger charge is -2.27. The van der Waals surface area contributed by atoms with Crippen LogP contribution in [0.2, 0.25) is 0 Å². The van der Waals surface area contributed by atoms with E-state index in [1.807, 2.05) is 0 Å². The molecule has 2 heterocycles. The van der Waals surface area contributed by atoms with Crippen LogP contribution in [0.4, 0.5) is 14.9 Å². The molecule has 0 spiro atoms. The van der Waals surface area contributed by atoms with E-state index in [2.05, 4.69) is 0 Å². The van der Waals surface area contributed by atoms with Crippen molar-refractivity contribution < 1.29 is 19.1 Å². The van der Waals surface area contributed by atoms with Gasteiger partial charge in [-0.05, 0) is 24.1 Å². The number of hydrogen-bond acceptors (Lipinski definition) is 3. The highest BCUT2D eigenvalue weighted by Gasteiger charge is 2.38. The molecule has 1 saturated heterocycles. The number of nitrogens with zero attached hydrogens (tertiary/aromatic N) is 2. The van der Waals surface area contributed by atoms with E-state index in [0.29, 0.717) is 30.3 Å². The monoisotopic (exact) mass is 296 g/mol. The molecule has 20 heavy (non-hydrogen) atoms. The Morgan fingerprint density at radius 1 is 1.40 bits per heavy atom. The standard InChI is InChI=1S/C13H13FN2O3S/c14-9-2-1-8-3-4-15(10(8)5-9)13(19)16-7-20-6-11(16)12(17)18/h1-2,5,11H,3-4,6-7H2,(H,17,18). The zero-order chi connectivity index (χ0) is 14.3. The van der Waals surface area contributed by atoms with Gasteiger partial charge in [0.25, 0.3) is 0 Å². The third-order valence-corrected chi connectivity index (χ3v) is 4.60. The Labute approximate surface area is 119 Å². The van der Waals surface area contributed by atoms with Crippen molar-refractivity contribution in [3.05, 3.63) is 29.6 Å². The molecule has 106 valence electrons. The number of carbonyl (C=O) groups excluding carboxylic acids is 1. The van der Waals surface area contributed by atoms with Crippen LogP contribution in [0.5, 0.6) is 0 Å². The summed E-state index contributed by atoms with van der Waals surface area (Å²) in [7, 11) is 0. The zero-order valence-electron chi connectivity index (χ0n) is 10.6. The number of anilines is 1. The Morgan fingerprint density at radius 2 is 2.20 bits per heavy atom. The maximum Gasteiger partial charge on any atom is 0.327 e. The highest BCUT2D eigenvalue weighted by molar-refractivity contribution is 7.99. The van der Waals surface area contributed by atoms with Crippen LogP contribution in [0.15, 0.2) is 18.2 Å². The van der Waals surface area contributed by atoms with Gasteiger partial charge in [-0.1, -0.05) is 6.07 Å². The summed E-state index contributed by atoms with van der Waals surface area (Å²) >= 11 is 1.41. The fourth-order valence-electron chi connectivity index (χ4n) is 2.54. The van der Waals surface area contributed by atoms with Gasteiger partial charge in [0, 0.05) is 12.3 Å². The summed E-state index contributed by atoms with van der Waals surface area (Å²) in [5.74, 6) is -0.641. The van der Waals surface area contributed by atoms with Gasteiger partial charge < -0.3 is 10.0 Å². The van der Waals surface area contributed by atoms with Crippen molar-refractivity contribution in [3.8, 4) is 0 Å². The second-order valence-corrected chi connectivity index (χ2v) is 5.78. The largest absolute Gasteiger partial charge is 0.480 e. The second kappa shape index (κ2) is 4.97. The first-order chi connectivity index (χ1) is 9.58. The van der Waals surface area contributed by atoms with Gasteiger partial charge in [0.05, 0.1) is 11.6 Å². The van der Waals surface area contributed by atoms with E-state index in [-0.39, 0.29) is 6.03 Å². The lowest BCUT2D eigenvalue weighted by molar-refractivity contribution is -0.140. The molecular weight excluding hydrogens is 283 g/mol. The number of urea groups is 1. The molecule has 2 aliphatic rings. The molecule has 1 unspecified atom stereocenters. The number of thioether (sulfide) groups is 1. The number of rotatable bonds is 1. The molecule has 0 saturated carbocycles. The number of halogens is 1. The van der Waals surface area contributed by atoms with Crippen LogP contribution in [0.1, 0.15) is 5.56 Å². The Bertz CT molecular complexity index is 581. The predicted octanol–water partition coefficient (Wildman–Crippen LogP) is 1.77. The molecule has 0 radical (unpaired) electrons. The number of fused-ring (bicyclic) bond motifs is 1. The molecular formula is C13H13FN2O3S. The minimum absolute atomic E-state index is 0.355. The number of hydrogen-bond donors (Lipinski definition) is 1. The number of aliphatic carboxylic acids is 1. The highest BCUT2D eigenvalue weighted by Crippen LogP contribution is 2.31. The van der Waals surface area contributed by atoms with E-state index in [9.17, 15) is 14.0 Å². The molecule has 1 atom stereocenters. The minimum atomic E-state index is -0.998. The number of carbonyl (C=O) groups is 2. The average molecular weight is 296 g/mol. The Hall–Kier alpha value is -1.76. The van der Waals surface area contributed by atoms with Gasteiger partial charge in [-0.3, -0.25) is 4.90 Å². The van der Waals surface area contributed by atoms with Gasteiger partial charge in [0.1, 0.15) is 11.9 Å². The van der Waals surface area contributed by atoms with E-state index >= 15 is 0 Å². The lowest BCUT2D eigenvalue weighted by Crippen LogP contribution is -2.48. The molecule has 1 aromatic carbocycles. The SMILES string of the molecule is O=C(O)C1CSCN1C(=O)N1CCc2ccc(F)cc21. The van der Waals surface area contributed by atoms with E-state index in [4.69, 9.17) is 5.11 Å². The smallest absolute Gasteiger partial charge is 0.327 e. The molecule has 0 bridgehead atoms. The molecule has 7 heteroatoms. The third-order valence-electron chi connectivity index (χ3n) is 3.59. The van der Waals surface area contributed by atoms with Crippen LogP contribution in [0, 0.1) is 5.82 Å². The number of amides is 2. The van der Waals surface area contributed by atoms with Crippen LogP contribution < -0.4 is 4.90 Å². The van der Waals surface area contributed by atoms with Crippen LogP contribution in [-0.2, 0) is 11.2 Å². The predicted molar refractivity (Wildman–Crippen MR) is 73.4 cm³/mol. The zero-order valence-corrected chi connectivity index (χ0v) is 11.4. The fourth-order valence-corrected chi connectivity index (χ4v) is 3.68. The van der Waals surface area contributed by atoms with E-state index in [1.54, 1.807) is 6.07 Å². The molecule has 1 aromatic rings. The summed E-state index contributed by atoms with van der Waals surface area (Å²) in [4.78, 5) is 26.4. The van der Waals surface area contributed by atoms with Crippen molar-refractivity contribution in [3.63, 3.8) is 0 Å². The molecule has 5 nitrogen and oxygen atoms in total. The number of benzene rings is 1. The van der Waals surface area contributed by atoms with Crippen LogP contribution in [0.25, 0.3) is 0 Å². The normalized spacial score (nSPS) is 21.1. The van der Waals surface area contributed by atoms with E-state index in [0.717, 1.165) is 5.56 Å². The second-order valence-electron chi connectivity index (χ2n) is 4.78. The molecule has 2 amide bonds. The van der Waals surface area contributed by atoms with Crippen LogP contribution in [-0.4, -0.2) is 46.2 Å². The molecule has 2 aliphatic heterocycles. The van der Waals surface area contributed by atoms with Crippen LogP contribution in [0.3, 0.4) is 0 Å². The molecule has 1 fully saturated rings. The van der Waals surface area contributed by atoms with Crippen molar-refractivity contribution in [2.24, 2.45) is 0 Å². The van der Waals surface area contributed by atoms with E-state index in [1.165, 1.54) is 33.7 Å². The summed E-state index contributed by atoms with van der Waals surface area (Å²) in [5, 5.41) is 9.13. The van der Waals surface area contributed by atoms with Crippen molar-refractivity contribution in [1.29, 1.82) is 0 Å². The summed E-state index contributed by atoms with van der Waals surface area (Å²) in [6, 6.07) is 3.22. The van der Waals surface area contributed by atoms with Crippen molar-refractivity contribution >= 4 is 29.4 Å². The molecule has 1 N–H and O–H groups in total. The van der Waals surface area contributed by atoms with Crippen molar-refractivity contribution in [2.45, 2.75) is 12.5 Å². The summed E-state index contributed by atoms with van der Waals surface area (Å²) < 4.78 is 13.3. The maximum atomic E-state index is 13.3. The summed E-state index contributed by atoms with van der Waals surface area (Å²) in [6.07, 6.45) is 0.667. The van der Waals surface area contributed by atoms with Gasteiger partial charge in [0.2, 0.25) is 0 Å². The molecule has 0 aromatic heterocycles. The topological polar surface area (TPSA) is 60.9 Å².